The van der Waals surface area contributed by atoms with Crippen molar-refractivity contribution in [3.63, 3.8) is 0 Å². The zero-order chi connectivity index (χ0) is 13.6. The van der Waals surface area contributed by atoms with Crippen molar-refractivity contribution >= 4 is 23.0 Å². The van der Waals surface area contributed by atoms with E-state index in [9.17, 15) is 5.11 Å². The van der Waals surface area contributed by atoms with Gasteiger partial charge in [0.2, 0.25) is 0 Å². The minimum atomic E-state index is -0.0299. The molecular formula is C13H14N4OS. The number of fused-ring (bicyclic) bond motifs is 1. The predicted octanol–water partition coefficient (Wildman–Crippen LogP) is 1.71. The molecule has 0 aliphatic carbocycles. The Balaban J connectivity index is 2.15. The molecule has 6 heteroatoms. The predicted molar refractivity (Wildman–Crippen MR) is 76.1 cm³/mol. The average Bonchev–Trinajstić information content (AvgIpc) is 2.96. The number of likely N-dealkylation sites (N-methyl/N-ethyl adjacent to an activating group) is 1. The highest BCUT2D eigenvalue weighted by Crippen LogP contribution is 2.47. The van der Waals surface area contributed by atoms with Gasteiger partial charge in [-0.3, -0.25) is 0 Å². The van der Waals surface area contributed by atoms with Crippen molar-refractivity contribution in [1.82, 2.24) is 9.97 Å². The first-order chi connectivity index (χ1) is 9.13. The summed E-state index contributed by atoms with van der Waals surface area (Å²) in [5.74, 6) is 1.26. The lowest BCUT2D eigenvalue weighted by Gasteiger charge is -2.15. The smallest absolute Gasteiger partial charge is 0.142 e. The van der Waals surface area contributed by atoms with Crippen LogP contribution in [-0.2, 0) is 6.61 Å². The van der Waals surface area contributed by atoms with Crippen molar-refractivity contribution in [3.8, 4) is 0 Å². The lowest BCUT2D eigenvalue weighted by Crippen LogP contribution is -2.13. The van der Waals surface area contributed by atoms with Gasteiger partial charge < -0.3 is 15.7 Å². The van der Waals surface area contributed by atoms with E-state index < -0.39 is 0 Å². The molecule has 0 spiro atoms. The molecule has 0 fully saturated rings. The van der Waals surface area contributed by atoms with Crippen LogP contribution in [-0.4, -0.2) is 22.1 Å². The summed E-state index contributed by atoms with van der Waals surface area (Å²) in [6, 6.07) is 1.98. The molecule has 0 bridgehead atoms. The van der Waals surface area contributed by atoms with E-state index in [2.05, 4.69) is 16.5 Å². The number of allylic oxidation sites excluding steroid dienone is 1. The second-order valence-electron chi connectivity index (χ2n) is 4.48. The van der Waals surface area contributed by atoms with Crippen molar-refractivity contribution in [2.24, 2.45) is 0 Å². The highest BCUT2D eigenvalue weighted by atomic mass is 32.1. The molecule has 0 saturated heterocycles. The molecule has 3 heterocycles. The van der Waals surface area contributed by atoms with Gasteiger partial charge in [0.25, 0.3) is 0 Å². The normalized spacial score (nSPS) is 17.9. The largest absolute Gasteiger partial charge is 0.391 e. The van der Waals surface area contributed by atoms with Crippen molar-refractivity contribution in [2.75, 3.05) is 17.7 Å². The van der Waals surface area contributed by atoms with E-state index in [0.717, 1.165) is 27.5 Å². The fourth-order valence-electron chi connectivity index (χ4n) is 2.43. The number of thiophene rings is 1. The number of nitrogen functional groups attached to an aromatic ring is 1. The highest BCUT2D eigenvalue weighted by Gasteiger charge is 2.35. The zero-order valence-electron chi connectivity index (χ0n) is 10.5. The van der Waals surface area contributed by atoms with Crippen molar-refractivity contribution in [3.05, 3.63) is 46.1 Å². The van der Waals surface area contributed by atoms with Crippen LogP contribution in [0.1, 0.15) is 21.9 Å². The number of anilines is 2. The number of hydrogen-bond acceptors (Lipinski definition) is 6. The first kappa shape index (κ1) is 12.1. The summed E-state index contributed by atoms with van der Waals surface area (Å²) in [6.45, 7) is 4.18. The maximum atomic E-state index is 9.19. The van der Waals surface area contributed by atoms with E-state index in [1.807, 2.05) is 23.4 Å². The van der Waals surface area contributed by atoms with Crippen LogP contribution in [0.25, 0.3) is 0 Å². The van der Waals surface area contributed by atoms with Gasteiger partial charge >= 0.3 is 0 Å². The summed E-state index contributed by atoms with van der Waals surface area (Å²) in [5, 5.41) is 11.2. The molecule has 5 nitrogen and oxygen atoms in total. The van der Waals surface area contributed by atoms with Crippen LogP contribution in [0, 0.1) is 0 Å². The zero-order valence-corrected chi connectivity index (χ0v) is 11.3. The number of aliphatic hydroxyl groups is 1. The van der Waals surface area contributed by atoms with Crippen molar-refractivity contribution in [2.45, 2.75) is 12.5 Å². The molecule has 0 aromatic carbocycles. The molecule has 1 aliphatic rings. The molecule has 2 aromatic rings. The quantitative estimate of drug-likeness (QED) is 0.872. The molecule has 1 atom stereocenters. The second-order valence-corrected chi connectivity index (χ2v) is 5.48. The summed E-state index contributed by atoms with van der Waals surface area (Å²) < 4.78 is 0. The molecule has 2 aromatic heterocycles. The highest BCUT2D eigenvalue weighted by molar-refractivity contribution is 7.10. The molecule has 0 amide bonds. The summed E-state index contributed by atoms with van der Waals surface area (Å²) in [4.78, 5) is 11.2. The van der Waals surface area contributed by atoms with Gasteiger partial charge in [-0.05, 0) is 17.0 Å². The van der Waals surface area contributed by atoms with Crippen LogP contribution in [0.2, 0.25) is 0 Å². The van der Waals surface area contributed by atoms with Gasteiger partial charge in [-0.15, -0.1) is 11.3 Å². The van der Waals surface area contributed by atoms with Crippen LogP contribution in [0.4, 0.5) is 11.6 Å². The Morgan fingerprint density at radius 1 is 1.53 bits per heavy atom. The molecule has 0 saturated carbocycles. The molecular weight excluding hydrogens is 260 g/mol. The Kier molecular flexibility index (Phi) is 2.76. The van der Waals surface area contributed by atoms with Gasteiger partial charge in [0.05, 0.1) is 18.1 Å². The minimum absolute atomic E-state index is 0.0299. The summed E-state index contributed by atoms with van der Waals surface area (Å²) >= 11 is 1.53. The van der Waals surface area contributed by atoms with Gasteiger partial charge in [-0.25, -0.2) is 9.97 Å². The third-order valence-electron chi connectivity index (χ3n) is 3.43. The number of aromatic nitrogens is 2. The molecule has 1 aliphatic heterocycles. The van der Waals surface area contributed by atoms with Gasteiger partial charge in [0, 0.05) is 17.6 Å². The molecule has 3 N–H and O–H groups in total. The number of nitrogens with zero attached hydrogens (tertiary/aromatic N) is 3. The van der Waals surface area contributed by atoms with E-state index in [0.29, 0.717) is 5.82 Å². The molecule has 0 radical (unpaired) electrons. The summed E-state index contributed by atoms with van der Waals surface area (Å²) in [7, 11) is 1.92. The van der Waals surface area contributed by atoms with Crippen LogP contribution in [0.5, 0.6) is 0 Å². The summed E-state index contributed by atoms with van der Waals surface area (Å²) in [6.07, 6.45) is 1.47. The van der Waals surface area contributed by atoms with Gasteiger partial charge in [0.15, 0.2) is 0 Å². The maximum absolute atomic E-state index is 9.19. The van der Waals surface area contributed by atoms with E-state index >= 15 is 0 Å². The first-order valence-corrected chi connectivity index (χ1v) is 6.72. The van der Waals surface area contributed by atoms with E-state index in [-0.39, 0.29) is 12.5 Å². The number of hydrogen-bond donors (Lipinski definition) is 2. The Morgan fingerprint density at radius 3 is 3.00 bits per heavy atom. The van der Waals surface area contributed by atoms with Gasteiger partial charge in [-0.2, -0.15) is 0 Å². The Morgan fingerprint density at radius 2 is 2.32 bits per heavy atom. The molecule has 98 valence electrons. The number of aliphatic hydroxyl groups excluding tert-OH is 1. The Bertz CT molecular complexity index is 652. The minimum Gasteiger partial charge on any atom is -0.391 e. The van der Waals surface area contributed by atoms with Crippen LogP contribution in [0.3, 0.4) is 0 Å². The third-order valence-corrected chi connectivity index (χ3v) is 4.37. The van der Waals surface area contributed by atoms with E-state index in [1.165, 1.54) is 17.7 Å². The van der Waals surface area contributed by atoms with Crippen molar-refractivity contribution < 1.29 is 5.11 Å². The fraction of sp³-hybridized carbons (Fsp3) is 0.231. The molecule has 3 rings (SSSR count). The molecule has 19 heavy (non-hydrogen) atoms. The standard InChI is InChI=1S/C13H14N4OS/c1-7-10(8-3-9(4-18)19-5-8)11-12(14)15-6-16-13(11)17(7)2/h3,5-6,10,18H,1,4H2,2H3,(H2,14,15,16). The lowest BCUT2D eigenvalue weighted by atomic mass is 9.94. The monoisotopic (exact) mass is 274 g/mol. The third kappa shape index (κ3) is 1.72. The first-order valence-electron chi connectivity index (χ1n) is 5.84. The summed E-state index contributed by atoms with van der Waals surface area (Å²) in [5.41, 5.74) is 8.89. The number of nitrogens with two attached hydrogens (primary N) is 1. The van der Waals surface area contributed by atoms with Gasteiger partial charge in [-0.1, -0.05) is 6.58 Å². The van der Waals surface area contributed by atoms with E-state index in [4.69, 9.17) is 5.73 Å². The van der Waals surface area contributed by atoms with Crippen molar-refractivity contribution in [1.29, 1.82) is 0 Å². The lowest BCUT2D eigenvalue weighted by molar-refractivity contribution is 0.285. The fourth-order valence-corrected chi connectivity index (χ4v) is 3.20. The Hall–Kier alpha value is -1.92. The van der Waals surface area contributed by atoms with Crippen LogP contribution in [0.15, 0.2) is 30.0 Å². The average molecular weight is 274 g/mol. The maximum Gasteiger partial charge on any atom is 0.142 e. The molecule has 1 unspecified atom stereocenters. The topological polar surface area (TPSA) is 75.3 Å². The van der Waals surface area contributed by atoms with Crippen LogP contribution < -0.4 is 10.6 Å². The van der Waals surface area contributed by atoms with Crippen LogP contribution >= 0.6 is 11.3 Å². The number of rotatable bonds is 2. The Labute approximate surface area is 115 Å². The SMILES string of the molecule is C=C1C(c2csc(CO)c2)c2c(N)ncnc2N1C. The van der Waals surface area contributed by atoms with E-state index in [1.54, 1.807) is 0 Å². The second kappa shape index (κ2) is 4.32. The van der Waals surface area contributed by atoms with Gasteiger partial charge in [0.1, 0.15) is 18.0 Å².